The summed E-state index contributed by atoms with van der Waals surface area (Å²) in [6.07, 6.45) is 15.9. The maximum absolute atomic E-state index is 13.1. The number of ether oxygens (including phenoxy) is 2. The predicted molar refractivity (Wildman–Crippen MR) is 181 cm³/mol. The molecule has 5 atom stereocenters. The lowest BCUT2D eigenvalue weighted by Crippen LogP contribution is -2.56. The molecule has 0 N–H and O–H groups in total. The van der Waals surface area contributed by atoms with E-state index in [1.165, 1.54) is 24.8 Å². The van der Waals surface area contributed by atoms with Crippen molar-refractivity contribution in [3.05, 3.63) is 11.6 Å². The normalized spacial score (nSPS) is 29.3. The van der Waals surface area contributed by atoms with E-state index in [0.29, 0.717) is 24.4 Å². The lowest BCUT2D eigenvalue weighted by molar-refractivity contribution is -0.144. The van der Waals surface area contributed by atoms with Gasteiger partial charge >= 0.3 is 0 Å². The summed E-state index contributed by atoms with van der Waals surface area (Å²) in [6.45, 7) is 27.9. The van der Waals surface area contributed by atoms with Gasteiger partial charge in [0.25, 0.3) is 0 Å². The minimum absolute atomic E-state index is 0.0249. The fourth-order valence-electron chi connectivity index (χ4n) is 9.21. The Bertz CT molecular complexity index is 966. The number of rotatable bonds is 17. The largest absolute Gasteiger partial charge is 0.359 e. The van der Waals surface area contributed by atoms with Crippen molar-refractivity contribution in [2.45, 2.75) is 173 Å². The van der Waals surface area contributed by atoms with Crippen molar-refractivity contribution < 1.29 is 19.1 Å². The Balaban J connectivity index is 2.50. The predicted octanol–water partition coefficient (Wildman–Crippen LogP) is 10.9. The molecule has 0 amide bonds. The summed E-state index contributed by atoms with van der Waals surface area (Å²) in [6, 6.07) is 0. The minimum atomic E-state index is -0.358. The molecule has 0 heterocycles. The number of ketones is 2. The molecule has 0 spiro atoms. The second kappa shape index (κ2) is 14.6. The third-order valence-electron chi connectivity index (χ3n) is 12.8. The number of carbonyl (C=O) groups excluding carboxylic acids is 2. The van der Waals surface area contributed by atoms with Gasteiger partial charge < -0.3 is 9.47 Å². The summed E-state index contributed by atoms with van der Waals surface area (Å²) in [7, 11) is 1.72. The molecule has 2 rings (SSSR count). The van der Waals surface area contributed by atoms with E-state index in [-0.39, 0.29) is 44.9 Å². The summed E-state index contributed by atoms with van der Waals surface area (Å²) < 4.78 is 11.9. The third kappa shape index (κ3) is 8.43. The van der Waals surface area contributed by atoms with E-state index in [4.69, 9.17) is 9.47 Å². The highest BCUT2D eigenvalue weighted by Crippen LogP contribution is 2.68. The van der Waals surface area contributed by atoms with Gasteiger partial charge in [-0.1, -0.05) is 101 Å². The summed E-state index contributed by atoms with van der Waals surface area (Å²) >= 11 is 0. The highest BCUT2D eigenvalue weighted by atomic mass is 16.7. The van der Waals surface area contributed by atoms with Crippen molar-refractivity contribution in [2.75, 3.05) is 13.9 Å². The molecule has 2 saturated carbocycles. The van der Waals surface area contributed by atoms with Crippen molar-refractivity contribution in [2.24, 2.45) is 38.4 Å². The average molecular weight is 603 g/mol. The fraction of sp³-hybridized carbons (Fsp3) is 0.897. The zero-order valence-electron chi connectivity index (χ0n) is 30.8. The van der Waals surface area contributed by atoms with Gasteiger partial charge in [0.05, 0.1) is 6.10 Å². The first-order valence-electron chi connectivity index (χ1n) is 17.6. The number of methoxy groups -OCH3 is 1. The molecular formula is C39H70O4. The van der Waals surface area contributed by atoms with Crippen LogP contribution in [-0.2, 0) is 19.1 Å². The van der Waals surface area contributed by atoms with Crippen LogP contribution >= 0.6 is 0 Å². The molecule has 0 aromatic carbocycles. The molecule has 0 bridgehead atoms. The molecule has 0 saturated heterocycles. The third-order valence-corrected chi connectivity index (χ3v) is 12.8. The lowest BCUT2D eigenvalue weighted by Gasteiger charge is -2.62. The van der Waals surface area contributed by atoms with Crippen LogP contribution < -0.4 is 0 Å². The van der Waals surface area contributed by atoms with Gasteiger partial charge in [0.15, 0.2) is 5.78 Å². The van der Waals surface area contributed by atoms with Crippen LogP contribution in [0.3, 0.4) is 0 Å². The Morgan fingerprint density at radius 3 is 2.14 bits per heavy atom. The Morgan fingerprint density at radius 2 is 1.58 bits per heavy atom. The SMILES string of the molecule is CCCCC(OCOC)[C@@](C)(CCC(C)(C)CCC)CCC(C)(C)[C@]1(C)CC[C@H]2C(C)(C)C(=O)CC[C@]2(C)/C1=C/C(C)=O. The van der Waals surface area contributed by atoms with Crippen molar-refractivity contribution in [1.29, 1.82) is 0 Å². The van der Waals surface area contributed by atoms with E-state index in [2.05, 4.69) is 76.2 Å². The van der Waals surface area contributed by atoms with E-state index in [1.54, 1.807) is 14.0 Å². The zero-order valence-corrected chi connectivity index (χ0v) is 30.8. The summed E-state index contributed by atoms with van der Waals surface area (Å²) in [5.74, 6) is 0.780. The Morgan fingerprint density at radius 1 is 0.953 bits per heavy atom. The van der Waals surface area contributed by atoms with Gasteiger partial charge in [-0.05, 0) is 104 Å². The van der Waals surface area contributed by atoms with E-state index in [9.17, 15) is 9.59 Å². The first kappa shape index (κ1) is 38.2. The van der Waals surface area contributed by atoms with E-state index in [0.717, 1.165) is 57.8 Å². The first-order chi connectivity index (χ1) is 19.8. The summed E-state index contributed by atoms with van der Waals surface area (Å²) in [4.78, 5) is 25.9. The van der Waals surface area contributed by atoms with Gasteiger partial charge in [-0.2, -0.15) is 0 Å². The van der Waals surface area contributed by atoms with Crippen LogP contribution in [0.4, 0.5) is 0 Å². The molecule has 2 aliphatic rings. The number of fused-ring (bicyclic) bond motifs is 1. The van der Waals surface area contributed by atoms with Crippen molar-refractivity contribution >= 4 is 11.6 Å². The van der Waals surface area contributed by atoms with Crippen LogP contribution in [-0.4, -0.2) is 31.6 Å². The standard InChI is InChI=1S/C39H70O4/c1-14-16-17-33(43-28-42-13)37(10,25-23-34(4,5)20-15-2)26-24-35(6,7)39(12)22-18-30-36(8,9)32(41)19-21-38(30,11)31(39)27-29(3)40/h27,30,33H,14-26,28H2,1-13H3/b31-27-/t30-,33?,37-,38-,39+/m0/s1. The molecule has 0 aromatic heterocycles. The number of hydrogen-bond donors (Lipinski definition) is 0. The van der Waals surface area contributed by atoms with Gasteiger partial charge in [0.2, 0.25) is 0 Å². The van der Waals surface area contributed by atoms with E-state index >= 15 is 0 Å². The molecule has 4 nitrogen and oxygen atoms in total. The van der Waals surface area contributed by atoms with Gasteiger partial charge in [0, 0.05) is 18.9 Å². The number of allylic oxidation sites excluding steroid dienone is 2. The smallest absolute Gasteiger partial charge is 0.152 e. The highest BCUT2D eigenvalue weighted by Gasteiger charge is 2.61. The topological polar surface area (TPSA) is 52.6 Å². The van der Waals surface area contributed by atoms with Crippen LogP contribution in [0.1, 0.15) is 167 Å². The Labute approximate surface area is 266 Å². The van der Waals surface area contributed by atoms with E-state index < -0.39 is 0 Å². The molecule has 0 radical (unpaired) electrons. The van der Waals surface area contributed by atoms with Crippen LogP contribution in [0.5, 0.6) is 0 Å². The van der Waals surface area contributed by atoms with Crippen molar-refractivity contribution in [1.82, 2.24) is 0 Å². The second-order valence-electron chi connectivity index (χ2n) is 17.3. The molecule has 2 fully saturated rings. The zero-order chi connectivity index (χ0) is 32.9. The molecule has 0 aromatic rings. The maximum Gasteiger partial charge on any atom is 0.152 e. The molecule has 2 aliphatic carbocycles. The van der Waals surface area contributed by atoms with Crippen LogP contribution in [0, 0.1) is 38.4 Å². The molecular weight excluding hydrogens is 532 g/mol. The molecule has 43 heavy (non-hydrogen) atoms. The lowest BCUT2D eigenvalue weighted by atomic mass is 9.41. The quantitative estimate of drug-likeness (QED) is 0.123. The minimum Gasteiger partial charge on any atom is -0.359 e. The summed E-state index contributed by atoms with van der Waals surface area (Å²) in [5.41, 5.74) is 0.967. The van der Waals surface area contributed by atoms with Gasteiger partial charge in [-0.3, -0.25) is 9.59 Å². The van der Waals surface area contributed by atoms with Crippen LogP contribution in [0.15, 0.2) is 11.6 Å². The monoisotopic (exact) mass is 603 g/mol. The van der Waals surface area contributed by atoms with Crippen molar-refractivity contribution in [3.63, 3.8) is 0 Å². The number of carbonyl (C=O) groups is 2. The van der Waals surface area contributed by atoms with Gasteiger partial charge in [-0.25, -0.2) is 0 Å². The summed E-state index contributed by atoms with van der Waals surface area (Å²) in [5, 5.41) is 0. The molecule has 1 unspecified atom stereocenters. The van der Waals surface area contributed by atoms with Crippen molar-refractivity contribution in [3.8, 4) is 0 Å². The Hall–Kier alpha value is -1.00. The van der Waals surface area contributed by atoms with Gasteiger partial charge in [0.1, 0.15) is 12.6 Å². The number of unbranched alkanes of at least 4 members (excludes halogenated alkanes) is 1. The first-order valence-corrected chi connectivity index (χ1v) is 17.6. The van der Waals surface area contributed by atoms with E-state index in [1.807, 2.05) is 6.08 Å². The Kier molecular flexibility index (Phi) is 13.0. The highest BCUT2D eigenvalue weighted by molar-refractivity contribution is 5.89. The number of Topliss-reactive ketones (excluding diaryl/α,β-unsaturated/α-hetero) is 1. The van der Waals surface area contributed by atoms with Crippen LogP contribution in [0.25, 0.3) is 0 Å². The van der Waals surface area contributed by atoms with Crippen LogP contribution in [0.2, 0.25) is 0 Å². The molecule has 0 aliphatic heterocycles. The molecule has 250 valence electrons. The average Bonchev–Trinajstić information content (AvgIpc) is 2.91. The molecule has 4 heteroatoms. The fourth-order valence-corrected chi connectivity index (χ4v) is 9.21. The van der Waals surface area contributed by atoms with Gasteiger partial charge in [-0.15, -0.1) is 0 Å². The second-order valence-corrected chi connectivity index (χ2v) is 17.3. The number of hydrogen-bond acceptors (Lipinski definition) is 4. The maximum atomic E-state index is 13.1.